The van der Waals surface area contributed by atoms with Crippen LogP contribution >= 0.6 is 0 Å². The van der Waals surface area contributed by atoms with Crippen molar-refractivity contribution in [3.8, 4) is 0 Å². The fourth-order valence-corrected chi connectivity index (χ4v) is 3.78. The van der Waals surface area contributed by atoms with Gasteiger partial charge in [-0.05, 0) is 49.0 Å². The Morgan fingerprint density at radius 2 is 1.80 bits per heavy atom. The average Bonchev–Trinajstić information content (AvgIpc) is 3.02. The molecule has 0 amide bonds. The van der Waals surface area contributed by atoms with Gasteiger partial charge >= 0.3 is 0 Å². The predicted molar refractivity (Wildman–Crippen MR) is 99.0 cm³/mol. The average molecular weight is 335 g/mol. The molecule has 25 heavy (non-hydrogen) atoms. The molecule has 0 saturated carbocycles. The normalized spacial score (nSPS) is 15.5. The third kappa shape index (κ3) is 3.15. The second-order valence-corrected chi connectivity index (χ2v) is 6.68. The maximum Gasteiger partial charge on any atom is 0.269 e. The van der Waals surface area contributed by atoms with Crippen molar-refractivity contribution in [3.05, 3.63) is 76.0 Å². The molecule has 128 valence electrons. The highest BCUT2D eigenvalue weighted by atomic mass is 16.6. The second kappa shape index (κ2) is 6.69. The van der Waals surface area contributed by atoms with Crippen LogP contribution in [0.5, 0.6) is 0 Å². The summed E-state index contributed by atoms with van der Waals surface area (Å²) in [5.74, 6) is 0.601. The van der Waals surface area contributed by atoms with Gasteiger partial charge in [0.1, 0.15) is 0 Å². The summed E-state index contributed by atoms with van der Waals surface area (Å²) in [6, 6.07) is 15.4. The fourth-order valence-electron chi connectivity index (χ4n) is 3.78. The van der Waals surface area contributed by atoms with Crippen molar-refractivity contribution in [3.63, 3.8) is 0 Å². The zero-order chi connectivity index (χ0) is 17.2. The summed E-state index contributed by atoms with van der Waals surface area (Å²) in [6.45, 7) is 2.88. The van der Waals surface area contributed by atoms with Crippen LogP contribution in [-0.2, 0) is 6.54 Å². The van der Waals surface area contributed by atoms with E-state index in [0.29, 0.717) is 5.92 Å². The van der Waals surface area contributed by atoms with Gasteiger partial charge in [0.2, 0.25) is 0 Å². The molecule has 1 aliphatic rings. The van der Waals surface area contributed by atoms with Crippen LogP contribution in [-0.4, -0.2) is 22.6 Å². The van der Waals surface area contributed by atoms with Gasteiger partial charge in [0.15, 0.2) is 0 Å². The van der Waals surface area contributed by atoms with Gasteiger partial charge in [0, 0.05) is 35.8 Å². The molecule has 3 aromatic rings. The van der Waals surface area contributed by atoms with Crippen molar-refractivity contribution in [2.75, 3.05) is 13.1 Å². The Kier molecular flexibility index (Phi) is 4.24. The molecule has 1 aromatic heterocycles. The minimum Gasteiger partial charge on any atom is -0.343 e. The second-order valence-electron chi connectivity index (χ2n) is 6.68. The van der Waals surface area contributed by atoms with Crippen LogP contribution in [0.15, 0.2) is 54.7 Å². The number of aromatic nitrogens is 1. The number of hydrogen-bond acceptors (Lipinski definition) is 3. The van der Waals surface area contributed by atoms with Crippen LogP contribution in [0.25, 0.3) is 10.9 Å². The van der Waals surface area contributed by atoms with Crippen molar-refractivity contribution in [1.29, 1.82) is 0 Å². The first-order chi connectivity index (χ1) is 12.2. The summed E-state index contributed by atoms with van der Waals surface area (Å²) in [5, 5.41) is 15.6. The molecule has 0 unspecified atom stereocenters. The molecule has 1 aliphatic heterocycles. The maximum atomic E-state index is 10.8. The minimum absolute atomic E-state index is 0.136. The first-order valence-corrected chi connectivity index (χ1v) is 8.74. The molecular weight excluding hydrogens is 314 g/mol. The SMILES string of the molecule is O=[N+]([O-])c1ccc(Cn2cc(C3CCNCC3)c3ccccc32)cc1. The van der Waals surface area contributed by atoms with Crippen LogP contribution in [0, 0.1) is 10.1 Å². The molecule has 0 aliphatic carbocycles. The molecule has 2 aromatic carbocycles. The lowest BCUT2D eigenvalue weighted by Crippen LogP contribution is -2.26. The smallest absolute Gasteiger partial charge is 0.269 e. The van der Waals surface area contributed by atoms with Gasteiger partial charge in [-0.1, -0.05) is 30.3 Å². The number of para-hydroxylation sites is 1. The number of nitrogens with zero attached hydrogens (tertiary/aromatic N) is 2. The van der Waals surface area contributed by atoms with E-state index in [9.17, 15) is 10.1 Å². The van der Waals surface area contributed by atoms with Crippen LogP contribution in [0.4, 0.5) is 5.69 Å². The van der Waals surface area contributed by atoms with E-state index < -0.39 is 0 Å². The number of nitro benzene ring substituents is 1. The number of rotatable bonds is 4. The minimum atomic E-state index is -0.357. The van der Waals surface area contributed by atoms with E-state index >= 15 is 0 Å². The predicted octanol–water partition coefficient (Wildman–Crippen LogP) is 4.06. The standard InChI is InChI=1S/C20H21N3O2/c24-23(25)17-7-5-15(6-8-17)13-22-14-19(16-9-11-21-12-10-16)18-3-1-2-4-20(18)22/h1-8,14,16,21H,9-13H2. The summed E-state index contributed by atoms with van der Waals surface area (Å²) in [7, 11) is 0. The summed E-state index contributed by atoms with van der Waals surface area (Å²) in [4.78, 5) is 10.5. The van der Waals surface area contributed by atoms with E-state index in [-0.39, 0.29) is 10.6 Å². The molecule has 4 rings (SSSR count). The number of non-ortho nitro benzene ring substituents is 1. The number of fused-ring (bicyclic) bond motifs is 1. The Labute approximate surface area is 146 Å². The van der Waals surface area contributed by atoms with Crippen molar-refractivity contribution in [1.82, 2.24) is 9.88 Å². The molecule has 1 N–H and O–H groups in total. The molecule has 0 bridgehead atoms. The lowest BCUT2D eigenvalue weighted by atomic mass is 9.90. The van der Waals surface area contributed by atoms with Crippen molar-refractivity contribution in [2.45, 2.75) is 25.3 Å². The summed E-state index contributed by atoms with van der Waals surface area (Å²) in [5.41, 5.74) is 3.87. The monoisotopic (exact) mass is 335 g/mol. The van der Waals surface area contributed by atoms with Gasteiger partial charge in [-0.15, -0.1) is 0 Å². The first kappa shape index (κ1) is 15.8. The van der Waals surface area contributed by atoms with Gasteiger partial charge < -0.3 is 9.88 Å². The van der Waals surface area contributed by atoms with Crippen molar-refractivity contribution in [2.24, 2.45) is 0 Å². The van der Waals surface area contributed by atoms with Crippen molar-refractivity contribution < 1.29 is 4.92 Å². The van der Waals surface area contributed by atoms with Crippen LogP contribution in [0.3, 0.4) is 0 Å². The van der Waals surface area contributed by atoms with E-state index in [1.54, 1.807) is 12.1 Å². The number of piperidine rings is 1. The summed E-state index contributed by atoms with van der Waals surface area (Å²) >= 11 is 0. The summed E-state index contributed by atoms with van der Waals surface area (Å²) in [6.07, 6.45) is 4.62. The number of nitrogens with one attached hydrogen (secondary N) is 1. The summed E-state index contributed by atoms with van der Waals surface area (Å²) < 4.78 is 2.27. The molecule has 5 nitrogen and oxygen atoms in total. The number of nitro groups is 1. The maximum absolute atomic E-state index is 10.8. The Bertz CT molecular complexity index is 893. The third-order valence-corrected chi connectivity index (χ3v) is 5.10. The number of benzene rings is 2. The molecular formula is C20H21N3O2. The molecule has 1 fully saturated rings. The highest BCUT2D eigenvalue weighted by Crippen LogP contribution is 2.33. The third-order valence-electron chi connectivity index (χ3n) is 5.10. The van der Waals surface area contributed by atoms with E-state index in [0.717, 1.165) is 25.2 Å². The van der Waals surface area contributed by atoms with E-state index in [2.05, 4.69) is 40.3 Å². The van der Waals surface area contributed by atoms with E-state index in [1.807, 2.05) is 12.1 Å². The largest absolute Gasteiger partial charge is 0.343 e. The quantitative estimate of drug-likeness (QED) is 0.577. The van der Waals surface area contributed by atoms with E-state index in [4.69, 9.17) is 0 Å². The molecule has 2 heterocycles. The van der Waals surface area contributed by atoms with Crippen molar-refractivity contribution >= 4 is 16.6 Å². The van der Waals surface area contributed by atoms with Gasteiger partial charge in [-0.3, -0.25) is 10.1 Å². The topological polar surface area (TPSA) is 60.1 Å². The zero-order valence-electron chi connectivity index (χ0n) is 14.0. The number of hydrogen-bond donors (Lipinski definition) is 1. The van der Waals surface area contributed by atoms with Crippen LogP contribution in [0.1, 0.15) is 29.9 Å². The van der Waals surface area contributed by atoms with Gasteiger partial charge in [0.05, 0.1) is 4.92 Å². The lowest BCUT2D eigenvalue weighted by Gasteiger charge is -2.22. The van der Waals surface area contributed by atoms with Crippen LogP contribution in [0.2, 0.25) is 0 Å². The molecule has 0 spiro atoms. The van der Waals surface area contributed by atoms with E-state index in [1.165, 1.54) is 29.3 Å². The van der Waals surface area contributed by atoms with Crippen LogP contribution < -0.4 is 5.32 Å². The highest BCUT2D eigenvalue weighted by Gasteiger charge is 2.20. The zero-order valence-corrected chi connectivity index (χ0v) is 14.0. The Hall–Kier alpha value is -2.66. The molecule has 5 heteroatoms. The highest BCUT2D eigenvalue weighted by molar-refractivity contribution is 5.84. The molecule has 0 radical (unpaired) electrons. The first-order valence-electron chi connectivity index (χ1n) is 8.74. The fraction of sp³-hybridized carbons (Fsp3) is 0.300. The Morgan fingerprint density at radius 3 is 2.52 bits per heavy atom. The molecule has 1 saturated heterocycles. The van der Waals surface area contributed by atoms with Gasteiger partial charge in [-0.25, -0.2) is 0 Å². The van der Waals surface area contributed by atoms with Gasteiger partial charge in [0.25, 0.3) is 5.69 Å². The lowest BCUT2D eigenvalue weighted by molar-refractivity contribution is -0.384. The Balaban J connectivity index is 1.68. The van der Waals surface area contributed by atoms with Gasteiger partial charge in [-0.2, -0.15) is 0 Å². The Morgan fingerprint density at radius 1 is 1.08 bits per heavy atom. The molecule has 0 atom stereocenters.